The van der Waals surface area contributed by atoms with E-state index in [0.717, 1.165) is 6.26 Å². The molecule has 35 heavy (non-hydrogen) atoms. The smallest absolute Gasteiger partial charge is 0.240 e. The third-order valence-corrected chi connectivity index (χ3v) is 7.71. The molecule has 0 fully saturated rings. The Labute approximate surface area is 207 Å². The van der Waals surface area contributed by atoms with Crippen LogP contribution in [0.5, 0.6) is 5.88 Å². The first-order valence-corrected chi connectivity index (χ1v) is 14.1. The van der Waals surface area contributed by atoms with Crippen LogP contribution >= 0.6 is 11.6 Å². The van der Waals surface area contributed by atoms with Crippen LogP contribution in [-0.2, 0) is 31.1 Å². The molecule has 3 heterocycles. The van der Waals surface area contributed by atoms with Gasteiger partial charge in [-0.15, -0.1) is 10.2 Å². The highest BCUT2D eigenvalue weighted by Crippen LogP contribution is 2.26. The second kappa shape index (κ2) is 10.8. The number of nitrogens with one attached hydrogen (secondary N) is 1. The zero-order valence-electron chi connectivity index (χ0n) is 19.3. The quantitative estimate of drug-likeness (QED) is 0.369. The van der Waals surface area contributed by atoms with Crippen molar-refractivity contribution in [3.63, 3.8) is 0 Å². The highest BCUT2D eigenvalue weighted by molar-refractivity contribution is 7.93. The third kappa shape index (κ3) is 6.62. The molecule has 0 aromatic carbocycles. The maximum absolute atomic E-state index is 13.2. The number of methoxy groups -OCH3 is 2. The van der Waals surface area contributed by atoms with Gasteiger partial charge in [-0.3, -0.25) is 9.29 Å². The van der Waals surface area contributed by atoms with Crippen LogP contribution in [0.15, 0.2) is 30.6 Å². The molecule has 0 aliphatic rings. The summed E-state index contributed by atoms with van der Waals surface area (Å²) in [6.07, 6.45) is 2.70. The van der Waals surface area contributed by atoms with Gasteiger partial charge in [0.25, 0.3) is 0 Å². The van der Waals surface area contributed by atoms with Gasteiger partial charge in [-0.2, -0.15) is 0 Å². The van der Waals surface area contributed by atoms with Gasteiger partial charge in [0.1, 0.15) is 26.9 Å². The zero-order chi connectivity index (χ0) is 25.8. The highest BCUT2D eigenvalue weighted by Gasteiger charge is 2.34. The molecule has 0 saturated heterocycles. The van der Waals surface area contributed by atoms with E-state index in [1.54, 1.807) is 18.2 Å². The van der Waals surface area contributed by atoms with Crippen LogP contribution in [0, 0.1) is 0 Å². The van der Waals surface area contributed by atoms with Gasteiger partial charge in [-0.05, 0) is 13.0 Å². The molecule has 0 radical (unpaired) electrons. The molecule has 0 saturated carbocycles. The fourth-order valence-electron chi connectivity index (χ4n) is 3.05. The summed E-state index contributed by atoms with van der Waals surface area (Å²) in [7, 11) is -4.77. The van der Waals surface area contributed by atoms with Crippen LogP contribution in [0.3, 0.4) is 0 Å². The van der Waals surface area contributed by atoms with Crippen LogP contribution in [0.2, 0.25) is 5.02 Å². The molecule has 0 amide bonds. The molecule has 0 aliphatic carbocycles. The van der Waals surface area contributed by atoms with Crippen molar-refractivity contribution in [2.24, 2.45) is 0 Å². The van der Waals surface area contributed by atoms with E-state index < -0.39 is 31.2 Å². The molecular weight excluding hydrogens is 522 g/mol. The Balaban J connectivity index is 1.98. The number of halogens is 1. The molecule has 2 atom stereocenters. The lowest BCUT2D eigenvalue weighted by Gasteiger charge is -2.22. The van der Waals surface area contributed by atoms with E-state index in [2.05, 4.69) is 29.9 Å². The number of anilines is 1. The number of sulfonamides is 1. The number of sulfone groups is 1. The summed E-state index contributed by atoms with van der Waals surface area (Å²) in [5.41, 5.74) is 0.313. The van der Waals surface area contributed by atoms with Crippen LogP contribution in [-0.4, -0.2) is 78.0 Å². The number of rotatable bonds is 11. The maximum Gasteiger partial charge on any atom is 0.240 e. The number of nitrogens with zero attached hydrogens (tertiary/aromatic N) is 6. The summed E-state index contributed by atoms with van der Waals surface area (Å²) in [5, 5.41) is 7.10. The summed E-state index contributed by atoms with van der Waals surface area (Å²) >= 11 is 5.82. The Kier molecular flexibility index (Phi) is 8.25. The molecule has 1 N–H and O–H groups in total. The fourth-order valence-corrected chi connectivity index (χ4v) is 4.81. The molecule has 190 valence electrons. The third-order valence-electron chi connectivity index (χ3n) is 4.90. The zero-order valence-corrected chi connectivity index (χ0v) is 21.7. The van der Waals surface area contributed by atoms with Gasteiger partial charge in [0.05, 0.1) is 17.9 Å². The Bertz CT molecular complexity index is 1380. The fraction of sp³-hybridized carbons (Fsp3) is 0.421. The highest BCUT2D eigenvalue weighted by atomic mass is 35.5. The molecule has 0 bridgehead atoms. The van der Waals surface area contributed by atoms with Crippen molar-refractivity contribution in [2.45, 2.75) is 24.8 Å². The second-order valence-corrected chi connectivity index (χ2v) is 12.2. The summed E-state index contributed by atoms with van der Waals surface area (Å²) in [4.78, 5) is 12.4. The Morgan fingerprint density at radius 2 is 1.80 bits per heavy atom. The average Bonchev–Trinajstić information content (AvgIpc) is 3.20. The van der Waals surface area contributed by atoms with Crippen molar-refractivity contribution < 1.29 is 26.3 Å². The lowest BCUT2D eigenvalue weighted by atomic mass is 10.2. The first kappa shape index (κ1) is 26.7. The van der Waals surface area contributed by atoms with Crippen LogP contribution in [0.1, 0.15) is 18.9 Å². The lowest BCUT2D eigenvalue weighted by Crippen LogP contribution is -2.33. The average molecular weight is 546 g/mol. The molecule has 13 nitrogen and oxygen atoms in total. The minimum absolute atomic E-state index is 0.120. The van der Waals surface area contributed by atoms with Crippen molar-refractivity contribution in [2.75, 3.05) is 31.0 Å². The van der Waals surface area contributed by atoms with E-state index in [1.165, 1.54) is 38.1 Å². The number of pyridine rings is 1. The molecular formula is C19H24ClN7O6S2. The van der Waals surface area contributed by atoms with Gasteiger partial charge in [-0.1, -0.05) is 17.7 Å². The Morgan fingerprint density at radius 1 is 1.11 bits per heavy atom. The number of aromatic nitrogens is 6. The van der Waals surface area contributed by atoms with E-state index in [9.17, 15) is 16.8 Å². The number of hydrogen-bond donors (Lipinski definition) is 1. The van der Waals surface area contributed by atoms with E-state index in [-0.39, 0.29) is 34.9 Å². The second-order valence-electron chi connectivity index (χ2n) is 7.46. The van der Waals surface area contributed by atoms with Crippen LogP contribution in [0.25, 0.3) is 11.5 Å². The topological polar surface area (TPSA) is 168 Å². The first-order chi connectivity index (χ1) is 16.4. The first-order valence-electron chi connectivity index (χ1n) is 10.1. The van der Waals surface area contributed by atoms with Gasteiger partial charge in [-0.25, -0.2) is 31.8 Å². The largest absolute Gasteiger partial charge is 0.481 e. The summed E-state index contributed by atoms with van der Waals surface area (Å²) in [5.74, 6) is 0.0941. The number of ether oxygens (including phenoxy) is 2. The summed E-state index contributed by atoms with van der Waals surface area (Å²) in [6, 6.07) is 4.90. The SMILES string of the molecule is COc1cccc(-c2nnc(NS(=O)(=O)[C@@H](C)[C@H](OC)c3ncc(Cl)cn3)n2CCS(C)(=O)=O)n1. The molecule has 3 aromatic rings. The van der Waals surface area contributed by atoms with Crippen LogP contribution in [0.4, 0.5) is 5.95 Å². The van der Waals surface area contributed by atoms with Crippen molar-refractivity contribution in [3.8, 4) is 17.4 Å². The Morgan fingerprint density at radius 3 is 2.40 bits per heavy atom. The molecule has 0 spiro atoms. The van der Waals surface area contributed by atoms with E-state index >= 15 is 0 Å². The monoisotopic (exact) mass is 545 g/mol. The minimum atomic E-state index is -4.15. The predicted octanol–water partition coefficient (Wildman–Crippen LogP) is 1.35. The van der Waals surface area contributed by atoms with Gasteiger partial charge in [0, 0.05) is 38.4 Å². The van der Waals surface area contributed by atoms with E-state index in [1.807, 2.05) is 0 Å². The standard InChI is InChI=1S/C19H24ClN7O6S2/c1-12(16(33-3)17-21-10-13(20)11-22-17)35(30,31)26-19-25-24-18(27(19)8-9-34(4,28)29)14-6-5-7-15(23-14)32-2/h5-7,10-12,16H,8-9H2,1-4H3,(H,25,26)/t12-,16-/m0/s1. The summed E-state index contributed by atoms with van der Waals surface area (Å²) < 4.78 is 64.3. The van der Waals surface area contributed by atoms with Gasteiger partial charge in [0.15, 0.2) is 11.6 Å². The number of hydrogen-bond acceptors (Lipinski definition) is 11. The van der Waals surface area contributed by atoms with Gasteiger partial charge in [0.2, 0.25) is 21.9 Å². The molecule has 3 aromatic heterocycles. The molecule has 3 rings (SSSR count). The van der Waals surface area contributed by atoms with Crippen LogP contribution < -0.4 is 9.46 Å². The Hall–Kier alpha value is -2.88. The van der Waals surface area contributed by atoms with E-state index in [0.29, 0.717) is 11.6 Å². The molecule has 0 aliphatic heterocycles. The van der Waals surface area contributed by atoms with Crippen molar-refractivity contribution in [1.82, 2.24) is 29.7 Å². The van der Waals surface area contributed by atoms with E-state index in [4.69, 9.17) is 21.1 Å². The van der Waals surface area contributed by atoms with Gasteiger partial charge >= 0.3 is 0 Å². The molecule has 0 unspecified atom stereocenters. The lowest BCUT2D eigenvalue weighted by molar-refractivity contribution is 0.0950. The molecule has 16 heteroatoms. The minimum Gasteiger partial charge on any atom is -0.481 e. The van der Waals surface area contributed by atoms with Crippen molar-refractivity contribution in [3.05, 3.63) is 41.4 Å². The maximum atomic E-state index is 13.2. The van der Waals surface area contributed by atoms with Gasteiger partial charge < -0.3 is 9.47 Å². The summed E-state index contributed by atoms with van der Waals surface area (Å²) in [6.45, 7) is 1.29. The van der Waals surface area contributed by atoms with Crippen molar-refractivity contribution >= 4 is 37.4 Å². The predicted molar refractivity (Wildman–Crippen MR) is 128 cm³/mol. The van der Waals surface area contributed by atoms with Crippen molar-refractivity contribution in [1.29, 1.82) is 0 Å². The normalized spacial score (nSPS) is 13.9.